The van der Waals surface area contributed by atoms with Crippen molar-refractivity contribution < 1.29 is 13.6 Å². The van der Waals surface area contributed by atoms with Crippen molar-refractivity contribution in [3.05, 3.63) is 65.1 Å². The van der Waals surface area contributed by atoms with E-state index < -0.39 is 5.82 Å². The van der Waals surface area contributed by atoms with E-state index in [1.807, 2.05) is 19.9 Å². The van der Waals surface area contributed by atoms with Gasteiger partial charge in [-0.25, -0.2) is 9.07 Å². The summed E-state index contributed by atoms with van der Waals surface area (Å²) in [6.45, 7) is 5.40. The molecule has 0 atom stereocenters. The third-order valence-corrected chi connectivity index (χ3v) is 3.55. The second-order valence-corrected chi connectivity index (χ2v) is 5.35. The lowest BCUT2D eigenvalue weighted by molar-refractivity contribution is 0.102. The molecule has 5 nitrogen and oxygen atoms in total. The fraction of sp³-hybridized carbons (Fsp3) is 0.176. The maximum atomic E-state index is 14.4. The highest BCUT2D eigenvalue weighted by Crippen LogP contribution is 2.21. The topological polar surface area (TPSA) is 60.1 Å². The fourth-order valence-electron chi connectivity index (χ4n) is 2.45. The van der Waals surface area contributed by atoms with E-state index in [9.17, 15) is 9.18 Å². The Morgan fingerprint density at radius 1 is 1.22 bits per heavy atom. The number of rotatable bonds is 3. The quantitative estimate of drug-likeness (QED) is 0.800. The zero-order valence-electron chi connectivity index (χ0n) is 13.1. The van der Waals surface area contributed by atoms with Crippen LogP contribution >= 0.6 is 0 Å². The first-order valence-electron chi connectivity index (χ1n) is 7.14. The molecule has 1 N–H and O–H groups in total. The van der Waals surface area contributed by atoms with E-state index in [1.165, 1.54) is 17.0 Å². The average Bonchev–Trinajstić information content (AvgIpc) is 3.05. The number of benzene rings is 1. The summed E-state index contributed by atoms with van der Waals surface area (Å²) < 4.78 is 21.0. The van der Waals surface area contributed by atoms with Crippen LogP contribution in [0, 0.1) is 26.6 Å². The van der Waals surface area contributed by atoms with Crippen molar-refractivity contribution in [3.63, 3.8) is 0 Å². The van der Waals surface area contributed by atoms with Crippen molar-refractivity contribution >= 4 is 11.6 Å². The summed E-state index contributed by atoms with van der Waals surface area (Å²) in [4.78, 5) is 12.1. The highest BCUT2D eigenvalue weighted by Gasteiger charge is 2.14. The van der Waals surface area contributed by atoms with Crippen molar-refractivity contribution in [1.82, 2.24) is 9.78 Å². The molecular formula is C17H16FN3O2. The smallest absolute Gasteiger partial charge is 0.259 e. The summed E-state index contributed by atoms with van der Waals surface area (Å²) in [6.07, 6.45) is 1.44. The molecule has 0 unspecified atom stereocenters. The maximum Gasteiger partial charge on any atom is 0.259 e. The normalized spacial score (nSPS) is 10.8. The number of nitrogens with zero attached hydrogens (tertiary/aromatic N) is 2. The van der Waals surface area contributed by atoms with Gasteiger partial charge in [0.05, 0.1) is 17.5 Å². The number of aryl methyl sites for hydroxylation is 3. The van der Waals surface area contributed by atoms with Gasteiger partial charge >= 0.3 is 0 Å². The molecule has 3 rings (SSSR count). The van der Waals surface area contributed by atoms with Crippen LogP contribution in [0.5, 0.6) is 0 Å². The zero-order chi connectivity index (χ0) is 16.6. The summed E-state index contributed by atoms with van der Waals surface area (Å²) in [7, 11) is 0. The number of carbonyl (C=O) groups excluding carboxylic acids is 1. The first-order valence-corrected chi connectivity index (χ1v) is 7.14. The summed E-state index contributed by atoms with van der Waals surface area (Å²) in [5.74, 6) is -0.283. The molecule has 1 aromatic carbocycles. The van der Waals surface area contributed by atoms with Crippen LogP contribution < -0.4 is 5.32 Å². The van der Waals surface area contributed by atoms with Gasteiger partial charge in [-0.1, -0.05) is 0 Å². The van der Waals surface area contributed by atoms with E-state index >= 15 is 0 Å². The van der Waals surface area contributed by atoms with Crippen molar-refractivity contribution in [3.8, 4) is 5.69 Å². The summed E-state index contributed by atoms with van der Waals surface area (Å²) in [5, 5.41) is 6.92. The Balaban J connectivity index is 1.86. The second kappa shape index (κ2) is 5.72. The maximum absolute atomic E-state index is 14.4. The van der Waals surface area contributed by atoms with Gasteiger partial charge < -0.3 is 9.73 Å². The number of carbonyl (C=O) groups is 1. The molecule has 3 aromatic rings. The summed E-state index contributed by atoms with van der Waals surface area (Å²) in [6, 6.07) is 7.95. The number of furan rings is 1. The number of amides is 1. The van der Waals surface area contributed by atoms with Gasteiger partial charge in [-0.2, -0.15) is 5.10 Å². The summed E-state index contributed by atoms with van der Waals surface area (Å²) in [5.41, 5.74) is 2.79. The summed E-state index contributed by atoms with van der Waals surface area (Å²) >= 11 is 0. The van der Waals surface area contributed by atoms with Crippen LogP contribution in [0.1, 0.15) is 27.5 Å². The number of hydrogen-bond donors (Lipinski definition) is 1. The molecule has 6 heteroatoms. The SMILES string of the molecule is Cc1cc(C)n(-c2ccc(NC(=O)c3ccoc3C)cc2F)n1. The van der Waals surface area contributed by atoms with E-state index in [4.69, 9.17) is 4.42 Å². The third-order valence-electron chi connectivity index (χ3n) is 3.55. The highest BCUT2D eigenvalue weighted by atomic mass is 19.1. The van der Waals surface area contributed by atoms with Crippen LogP contribution in [0.25, 0.3) is 5.69 Å². The van der Waals surface area contributed by atoms with Gasteiger partial charge in [0, 0.05) is 11.4 Å². The predicted molar refractivity (Wildman–Crippen MR) is 84.4 cm³/mol. The lowest BCUT2D eigenvalue weighted by Gasteiger charge is -2.09. The monoisotopic (exact) mass is 313 g/mol. The molecule has 0 saturated carbocycles. The van der Waals surface area contributed by atoms with Crippen LogP contribution in [0.2, 0.25) is 0 Å². The molecule has 0 bridgehead atoms. The molecule has 0 radical (unpaired) electrons. The van der Waals surface area contributed by atoms with Gasteiger partial charge in [-0.3, -0.25) is 4.79 Å². The van der Waals surface area contributed by atoms with Crippen LogP contribution in [0.15, 0.2) is 41.0 Å². The molecule has 0 spiro atoms. The molecule has 2 aromatic heterocycles. The molecule has 2 heterocycles. The van der Waals surface area contributed by atoms with E-state index in [-0.39, 0.29) is 5.91 Å². The Kier molecular flexibility index (Phi) is 3.73. The molecule has 118 valence electrons. The number of nitrogens with one attached hydrogen (secondary N) is 1. The minimum atomic E-state index is -0.460. The molecular weight excluding hydrogens is 297 g/mol. The van der Waals surface area contributed by atoms with E-state index in [1.54, 1.807) is 25.1 Å². The molecule has 23 heavy (non-hydrogen) atoms. The third kappa shape index (κ3) is 2.88. The largest absolute Gasteiger partial charge is 0.469 e. The van der Waals surface area contributed by atoms with Gasteiger partial charge in [0.25, 0.3) is 5.91 Å². The van der Waals surface area contributed by atoms with Crippen molar-refractivity contribution in [2.45, 2.75) is 20.8 Å². The van der Waals surface area contributed by atoms with Gasteiger partial charge in [-0.05, 0) is 51.1 Å². The Morgan fingerprint density at radius 2 is 2.00 bits per heavy atom. The van der Waals surface area contributed by atoms with E-state index in [0.717, 1.165) is 11.4 Å². The Hall–Kier alpha value is -2.89. The minimum Gasteiger partial charge on any atom is -0.469 e. The van der Waals surface area contributed by atoms with Crippen LogP contribution in [-0.4, -0.2) is 15.7 Å². The number of halogens is 1. The lowest BCUT2D eigenvalue weighted by Crippen LogP contribution is -2.12. The standard InChI is InChI=1S/C17H16FN3O2/c1-10-8-11(2)21(20-10)16-5-4-13(9-15(16)18)19-17(22)14-6-7-23-12(14)3/h4-9H,1-3H3,(H,19,22). The van der Waals surface area contributed by atoms with Crippen molar-refractivity contribution in [2.75, 3.05) is 5.32 Å². The van der Waals surface area contributed by atoms with Crippen LogP contribution in [-0.2, 0) is 0 Å². The lowest BCUT2D eigenvalue weighted by atomic mass is 10.2. The Morgan fingerprint density at radius 3 is 2.57 bits per heavy atom. The Bertz CT molecular complexity index is 880. The molecule has 0 aliphatic heterocycles. The van der Waals surface area contributed by atoms with Gasteiger partial charge in [0.1, 0.15) is 11.4 Å². The molecule has 0 aliphatic rings. The van der Waals surface area contributed by atoms with Crippen LogP contribution in [0.3, 0.4) is 0 Å². The number of aromatic nitrogens is 2. The van der Waals surface area contributed by atoms with Crippen LogP contribution in [0.4, 0.5) is 10.1 Å². The van der Waals surface area contributed by atoms with Gasteiger partial charge in [0.15, 0.2) is 5.82 Å². The van der Waals surface area contributed by atoms with Gasteiger partial charge in [-0.15, -0.1) is 0 Å². The van der Waals surface area contributed by atoms with Gasteiger partial charge in [0.2, 0.25) is 0 Å². The number of anilines is 1. The zero-order valence-corrected chi connectivity index (χ0v) is 13.1. The number of hydrogen-bond acceptors (Lipinski definition) is 3. The second-order valence-electron chi connectivity index (χ2n) is 5.35. The molecule has 0 saturated heterocycles. The molecule has 0 fully saturated rings. The highest BCUT2D eigenvalue weighted by molar-refractivity contribution is 6.04. The first-order chi connectivity index (χ1) is 11.0. The predicted octanol–water partition coefficient (Wildman–Crippen LogP) is 3.78. The average molecular weight is 313 g/mol. The van der Waals surface area contributed by atoms with E-state index in [0.29, 0.717) is 22.7 Å². The molecule has 0 aliphatic carbocycles. The minimum absolute atomic E-state index is 0.338. The molecule has 1 amide bonds. The van der Waals surface area contributed by atoms with Crippen molar-refractivity contribution in [2.24, 2.45) is 0 Å². The Labute approximate surface area is 132 Å². The van der Waals surface area contributed by atoms with E-state index in [2.05, 4.69) is 10.4 Å². The van der Waals surface area contributed by atoms with Crippen molar-refractivity contribution in [1.29, 1.82) is 0 Å². The first kappa shape index (κ1) is 15.0. The fourth-order valence-corrected chi connectivity index (χ4v) is 2.45.